The van der Waals surface area contributed by atoms with Crippen LogP contribution in [-0.4, -0.2) is 58.8 Å². The Hall–Kier alpha value is -2.05. The molecule has 144 valence electrons. The van der Waals surface area contributed by atoms with Crippen LogP contribution < -0.4 is 0 Å². The van der Waals surface area contributed by atoms with Gasteiger partial charge in [-0.1, -0.05) is 6.08 Å². The third kappa shape index (κ3) is 9.12. The standard InChI is InChI=1S/C18H33N3O4/c1-10-13-21(16(23)25-18(7,8)9)14(20(11-2)12-3)19-15(22)24-17(4,5)6/h10H,1,11-13H2,2-9H3/b19-14+. The molecule has 0 saturated carbocycles. The van der Waals surface area contributed by atoms with Gasteiger partial charge in [0.05, 0.1) is 0 Å². The molecular formula is C18H33N3O4. The molecule has 7 nitrogen and oxygen atoms in total. The molecule has 0 radical (unpaired) electrons. The van der Waals surface area contributed by atoms with E-state index in [0.717, 1.165) is 0 Å². The molecule has 0 aliphatic rings. The van der Waals surface area contributed by atoms with Gasteiger partial charge in [0.2, 0.25) is 5.96 Å². The topological polar surface area (TPSA) is 71.4 Å². The zero-order chi connectivity index (χ0) is 19.8. The van der Waals surface area contributed by atoms with Crippen LogP contribution in [0.5, 0.6) is 0 Å². The first-order chi connectivity index (χ1) is 11.3. The Kier molecular flexibility index (Phi) is 8.66. The van der Waals surface area contributed by atoms with Crippen LogP contribution in [0.3, 0.4) is 0 Å². The van der Waals surface area contributed by atoms with Gasteiger partial charge in [-0.15, -0.1) is 11.6 Å². The van der Waals surface area contributed by atoms with E-state index in [9.17, 15) is 9.59 Å². The maximum atomic E-state index is 12.6. The van der Waals surface area contributed by atoms with Crippen molar-refractivity contribution < 1.29 is 19.1 Å². The summed E-state index contributed by atoms with van der Waals surface area (Å²) in [5, 5.41) is 0. The van der Waals surface area contributed by atoms with E-state index in [2.05, 4.69) is 11.6 Å². The minimum atomic E-state index is -0.757. The summed E-state index contributed by atoms with van der Waals surface area (Å²) in [6.45, 7) is 19.4. The van der Waals surface area contributed by atoms with Crippen LogP contribution in [0.1, 0.15) is 55.4 Å². The zero-order valence-electron chi connectivity index (χ0n) is 16.9. The summed E-state index contributed by atoms with van der Waals surface area (Å²) in [6, 6.07) is 0. The Bertz CT molecular complexity index is 497. The first-order valence-corrected chi connectivity index (χ1v) is 8.52. The Morgan fingerprint density at radius 1 is 1.00 bits per heavy atom. The molecule has 0 spiro atoms. The fourth-order valence-corrected chi connectivity index (χ4v) is 1.86. The number of carbonyl (C=O) groups excluding carboxylic acids is 2. The second-order valence-corrected chi connectivity index (χ2v) is 7.44. The summed E-state index contributed by atoms with van der Waals surface area (Å²) in [5.41, 5.74) is -1.35. The van der Waals surface area contributed by atoms with Crippen molar-refractivity contribution in [1.29, 1.82) is 0 Å². The molecule has 0 N–H and O–H groups in total. The Morgan fingerprint density at radius 3 is 1.84 bits per heavy atom. The lowest BCUT2D eigenvalue weighted by atomic mass is 10.2. The van der Waals surface area contributed by atoms with E-state index in [4.69, 9.17) is 9.47 Å². The maximum Gasteiger partial charge on any atom is 0.437 e. The summed E-state index contributed by atoms with van der Waals surface area (Å²) in [4.78, 5) is 31.9. The van der Waals surface area contributed by atoms with Gasteiger partial charge in [0.1, 0.15) is 11.2 Å². The highest BCUT2D eigenvalue weighted by Crippen LogP contribution is 2.13. The SMILES string of the molecule is C=CCN(C(=O)OC(C)(C)C)/C(=N/C(=O)OC(C)(C)C)N(CC)CC. The van der Waals surface area contributed by atoms with Crippen LogP contribution in [-0.2, 0) is 9.47 Å². The largest absolute Gasteiger partial charge is 0.443 e. The number of nitrogens with zero attached hydrogens (tertiary/aromatic N) is 3. The predicted molar refractivity (Wildman–Crippen MR) is 99.7 cm³/mol. The normalized spacial score (nSPS) is 12.4. The number of aliphatic imine (C=N–C) groups is 1. The fourth-order valence-electron chi connectivity index (χ4n) is 1.86. The average molecular weight is 355 g/mol. The Balaban J connectivity index is 5.83. The monoisotopic (exact) mass is 355 g/mol. The number of ether oxygens (including phenoxy) is 2. The van der Waals surface area contributed by atoms with Gasteiger partial charge in [0, 0.05) is 19.6 Å². The van der Waals surface area contributed by atoms with E-state index in [0.29, 0.717) is 13.1 Å². The number of amides is 2. The Labute approximate surface area is 151 Å². The fraction of sp³-hybridized carbons (Fsp3) is 0.722. The summed E-state index contributed by atoms with van der Waals surface area (Å²) in [5.74, 6) is 0.188. The van der Waals surface area contributed by atoms with Gasteiger partial charge in [-0.2, -0.15) is 0 Å². The van der Waals surface area contributed by atoms with Gasteiger partial charge in [-0.3, -0.25) is 0 Å². The number of carbonyl (C=O) groups is 2. The Morgan fingerprint density at radius 2 is 1.48 bits per heavy atom. The number of rotatable bonds is 4. The molecule has 0 bridgehead atoms. The molecule has 25 heavy (non-hydrogen) atoms. The van der Waals surface area contributed by atoms with Crippen LogP contribution in [0, 0.1) is 0 Å². The predicted octanol–water partition coefficient (Wildman–Crippen LogP) is 4.04. The van der Waals surface area contributed by atoms with Crippen molar-refractivity contribution in [2.75, 3.05) is 19.6 Å². The maximum absolute atomic E-state index is 12.6. The molecule has 0 fully saturated rings. The molecule has 0 atom stereocenters. The number of guanidine groups is 1. The number of hydrogen-bond donors (Lipinski definition) is 0. The quantitative estimate of drug-likeness (QED) is 0.432. The highest BCUT2D eigenvalue weighted by molar-refractivity contribution is 5.99. The molecular weight excluding hydrogens is 322 g/mol. The van der Waals surface area contributed by atoms with Crippen LogP contribution in [0.15, 0.2) is 17.6 Å². The molecule has 0 aromatic rings. The van der Waals surface area contributed by atoms with Crippen molar-refractivity contribution >= 4 is 18.1 Å². The molecule has 0 aromatic heterocycles. The van der Waals surface area contributed by atoms with Crippen molar-refractivity contribution in [3.05, 3.63) is 12.7 Å². The van der Waals surface area contributed by atoms with Crippen molar-refractivity contribution in [3.63, 3.8) is 0 Å². The first-order valence-electron chi connectivity index (χ1n) is 8.52. The molecule has 0 aliphatic carbocycles. The van der Waals surface area contributed by atoms with E-state index in [1.165, 1.54) is 4.90 Å². The summed E-state index contributed by atoms with van der Waals surface area (Å²) >= 11 is 0. The third-order valence-corrected chi connectivity index (χ3v) is 2.80. The molecule has 7 heteroatoms. The second kappa shape index (κ2) is 9.44. The third-order valence-electron chi connectivity index (χ3n) is 2.80. The van der Waals surface area contributed by atoms with Gasteiger partial charge in [0.15, 0.2) is 0 Å². The van der Waals surface area contributed by atoms with Gasteiger partial charge in [-0.05, 0) is 55.4 Å². The molecule has 0 heterocycles. The first kappa shape index (κ1) is 22.9. The molecule has 2 amide bonds. The molecule has 0 rings (SSSR count). The van der Waals surface area contributed by atoms with Crippen LogP contribution >= 0.6 is 0 Å². The summed E-state index contributed by atoms with van der Waals surface area (Å²) in [6.07, 6.45) is 0.200. The van der Waals surface area contributed by atoms with Gasteiger partial charge in [-0.25, -0.2) is 14.5 Å². The zero-order valence-corrected chi connectivity index (χ0v) is 16.9. The highest BCUT2D eigenvalue weighted by Gasteiger charge is 2.29. The lowest BCUT2D eigenvalue weighted by Gasteiger charge is -2.32. The number of hydrogen-bond acceptors (Lipinski definition) is 4. The second-order valence-electron chi connectivity index (χ2n) is 7.44. The summed E-state index contributed by atoms with van der Waals surface area (Å²) in [7, 11) is 0. The van der Waals surface area contributed by atoms with Crippen molar-refractivity contribution in [3.8, 4) is 0 Å². The minimum Gasteiger partial charge on any atom is -0.443 e. The molecule has 0 aromatic carbocycles. The van der Waals surface area contributed by atoms with Crippen LogP contribution in [0.25, 0.3) is 0 Å². The van der Waals surface area contributed by atoms with Crippen molar-refractivity contribution in [1.82, 2.24) is 9.80 Å². The summed E-state index contributed by atoms with van der Waals surface area (Å²) < 4.78 is 10.7. The van der Waals surface area contributed by atoms with E-state index in [1.807, 2.05) is 13.8 Å². The highest BCUT2D eigenvalue weighted by atomic mass is 16.6. The smallest absolute Gasteiger partial charge is 0.437 e. The minimum absolute atomic E-state index is 0.160. The van der Waals surface area contributed by atoms with Gasteiger partial charge < -0.3 is 14.4 Å². The van der Waals surface area contributed by atoms with Gasteiger partial charge in [0.25, 0.3) is 0 Å². The molecule has 0 aliphatic heterocycles. The average Bonchev–Trinajstić information content (AvgIpc) is 2.41. The van der Waals surface area contributed by atoms with E-state index < -0.39 is 23.4 Å². The lowest BCUT2D eigenvalue weighted by Crippen LogP contribution is -2.49. The van der Waals surface area contributed by atoms with Gasteiger partial charge >= 0.3 is 12.2 Å². The van der Waals surface area contributed by atoms with Crippen LogP contribution in [0.2, 0.25) is 0 Å². The van der Waals surface area contributed by atoms with E-state index >= 15 is 0 Å². The van der Waals surface area contributed by atoms with Crippen molar-refractivity contribution in [2.24, 2.45) is 4.99 Å². The van der Waals surface area contributed by atoms with E-state index in [-0.39, 0.29) is 12.5 Å². The van der Waals surface area contributed by atoms with E-state index in [1.54, 1.807) is 52.5 Å². The molecule has 0 unspecified atom stereocenters. The van der Waals surface area contributed by atoms with Crippen LogP contribution in [0.4, 0.5) is 9.59 Å². The molecule has 0 saturated heterocycles. The lowest BCUT2D eigenvalue weighted by molar-refractivity contribution is 0.0363. The van der Waals surface area contributed by atoms with Crippen molar-refractivity contribution in [2.45, 2.75) is 66.6 Å².